The number of nitrogens with one attached hydrogen (secondary N) is 1. The van der Waals surface area contributed by atoms with Gasteiger partial charge in [-0.25, -0.2) is 24.1 Å². The summed E-state index contributed by atoms with van der Waals surface area (Å²) in [5, 5.41) is 4.50. The third-order valence-corrected chi connectivity index (χ3v) is 4.87. The SMILES string of the molecule is C=CCNOC(=O)N(C)c1c(N)nc(-c2cc(-c3ncco3)n(Cc3ccccc3F)n2)nc1N. The Morgan fingerprint density at radius 2 is 2.06 bits per heavy atom. The first-order valence-electron chi connectivity index (χ1n) is 10.3. The van der Waals surface area contributed by atoms with Crippen molar-refractivity contribution in [2.45, 2.75) is 6.54 Å². The third-order valence-electron chi connectivity index (χ3n) is 4.87. The van der Waals surface area contributed by atoms with Gasteiger partial charge in [0.2, 0.25) is 5.89 Å². The summed E-state index contributed by atoms with van der Waals surface area (Å²) in [7, 11) is 1.41. The monoisotopic (exact) mass is 479 g/mol. The fourth-order valence-electron chi connectivity index (χ4n) is 3.23. The summed E-state index contributed by atoms with van der Waals surface area (Å²) in [5.41, 5.74) is 15.9. The molecule has 0 radical (unpaired) electrons. The molecule has 0 aliphatic rings. The van der Waals surface area contributed by atoms with E-state index in [9.17, 15) is 9.18 Å². The van der Waals surface area contributed by atoms with E-state index < -0.39 is 6.09 Å². The number of nitrogen functional groups attached to an aromatic ring is 2. The van der Waals surface area contributed by atoms with Crippen LogP contribution in [0.4, 0.5) is 26.5 Å². The summed E-state index contributed by atoms with van der Waals surface area (Å²) in [6, 6.07) is 7.97. The number of hydroxylamine groups is 1. The van der Waals surface area contributed by atoms with Crippen molar-refractivity contribution >= 4 is 23.4 Å². The molecule has 1 amide bonds. The molecule has 0 saturated carbocycles. The molecule has 1 aromatic carbocycles. The molecule has 0 aliphatic heterocycles. The van der Waals surface area contributed by atoms with Crippen LogP contribution in [0.2, 0.25) is 0 Å². The van der Waals surface area contributed by atoms with E-state index in [4.69, 9.17) is 20.7 Å². The first-order chi connectivity index (χ1) is 16.9. The number of rotatable bonds is 8. The fraction of sp³-hybridized carbons (Fsp3) is 0.136. The van der Waals surface area contributed by atoms with Gasteiger partial charge < -0.3 is 20.7 Å². The zero-order chi connectivity index (χ0) is 24.9. The van der Waals surface area contributed by atoms with Crippen LogP contribution in [0.15, 0.2) is 59.9 Å². The van der Waals surface area contributed by atoms with Crippen molar-refractivity contribution in [2.75, 3.05) is 30.0 Å². The number of benzene rings is 1. The lowest BCUT2D eigenvalue weighted by atomic mass is 10.2. The second kappa shape index (κ2) is 10.0. The van der Waals surface area contributed by atoms with Gasteiger partial charge in [0.05, 0.1) is 12.7 Å². The fourth-order valence-corrected chi connectivity index (χ4v) is 3.23. The number of anilines is 3. The highest BCUT2D eigenvalue weighted by atomic mass is 19.1. The highest BCUT2D eigenvalue weighted by molar-refractivity contribution is 5.94. The molecule has 0 bridgehead atoms. The zero-order valence-electron chi connectivity index (χ0n) is 18.7. The van der Waals surface area contributed by atoms with Crippen molar-refractivity contribution in [2.24, 2.45) is 0 Å². The predicted octanol–water partition coefficient (Wildman–Crippen LogP) is 2.61. The molecule has 35 heavy (non-hydrogen) atoms. The Morgan fingerprint density at radius 1 is 1.31 bits per heavy atom. The summed E-state index contributed by atoms with van der Waals surface area (Å²) in [5.74, 6) is -0.161. The van der Waals surface area contributed by atoms with Crippen LogP contribution in [0.1, 0.15) is 5.56 Å². The molecular formula is C22H22FN9O3. The number of hydrogen-bond acceptors (Lipinski definition) is 10. The Labute approximate surface area is 199 Å². The quantitative estimate of drug-likeness (QED) is 0.194. The van der Waals surface area contributed by atoms with E-state index in [1.54, 1.807) is 24.3 Å². The molecule has 12 nitrogen and oxygen atoms in total. The Bertz CT molecular complexity index is 1330. The van der Waals surface area contributed by atoms with Crippen LogP contribution < -0.4 is 21.8 Å². The van der Waals surface area contributed by atoms with Gasteiger partial charge in [0, 0.05) is 25.2 Å². The number of nitrogens with two attached hydrogens (primary N) is 2. The van der Waals surface area contributed by atoms with Crippen LogP contribution >= 0.6 is 0 Å². The average Bonchev–Trinajstić information content (AvgIpc) is 3.50. The number of hydrogen-bond donors (Lipinski definition) is 3. The lowest BCUT2D eigenvalue weighted by Gasteiger charge is -2.19. The van der Waals surface area contributed by atoms with Crippen LogP contribution in [-0.4, -0.2) is 44.4 Å². The number of nitrogens with zero attached hydrogens (tertiary/aromatic N) is 6. The highest BCUT2D eigenvalue weighted by Crippen LogP contribution is 2.31. The van der Waals surface area contributed by atoms with E-state index in [0.29, 0.717) is 11.3 Å². The van der Waals surface area contributed by atoms with Gasteiger partial charge in [-0.3, -0.25) is 9.58 Å². The van der Waals surface area contributed by atoms with Gasteiger partial charge >= 0.3 is 6.09 Å². The molecule has 0 atom stereocenters. The molecule has 0 fully saturated rings. The van der Waals surface area contributed by atoms with E-state index in [2.05, 4.69) is 32.1 Å². The average molecular weight is 479 g/mol. The van der Waals surface area contributed by atoms with Crippen molar-refractivity contribution < 1.29 is 18.4 Å². The summed E-state index contributed by atoms with van der Waals surface area (Å²) in [6.07, 6.45) is 3.64. The maximum Gasteiger partial charge on any atom is 0.433 e. The van der Waals surface area contributed by atoms with Gasteiger partial charge in [0.1, 0.15) is 29.2 Å². The van der Waals surface area contributed by atoms with Gasteiger partial charge in [-0.1, -0.05) is 24.3 Å². The maximum absolute atomic E-state index is 14.3. The standard InChI is InChI=1S/C22H22FN9O3/c1-3-8-27-35-22(33)31(2)17-18(24)28-20(29-19(17)25)15-11-16(21-26-9-10-34-21)32(30-15)12-13-6-4-5-7-14(13)23/h3-7,9-11,27H,1,8,12H2,2H3,(H4,24,25,28,29). The number of carbonyl (C=O) groups is 1. The predicted molar refractivity (Wildman–Crippen MR) is 126 cm³/mol. The number of aromatic nitrogens is 5. The van der Waals surface area contributed by atoms with Crippen LogP contribution in [0.5, 0.6) is 0 Å². The number of carbonyl (C=O) groups excluding carboxylic acids is 1. The van der Waals surface area contributed by atoms with Crippen LogP contribution in [0.25, 0.3) is 23.1 Å². The largest absolute Gasteiger partial charge is 0.443 e. The molecule has 13 heteroatoms. The molecule has 0 aliphatic carbocycles. The molecule has 3 aromatic heterocycles. The Kier molecular flexibility index (Phi) is 6.69. The second-order valence-electron chi connectivity index (χ2n) is 7.23. The molecule has 4 rings (SSSR count). The summed E-state index contributed by atoms with van der Waals surface area (Å²) in [6.45, 7) is 3.86. The molecular weight excluding hydrogens is 457 g/mol. The van der Waals surface area contributed by atoms with Gasteiger partial charge in [0.15, 0.2) is 17.5 Å². The van der Waals surface area contributed by atoms with Crippen molar-refractivity contribution in [3.05, 3.63) is 66.8 Å². The van der Waals surface area contributed by atoms with E-state index in [0.717, 1.165) is 4.90 Å². The Morgan fingerprint density at radius 3 is 2.71 bits per heavy atom. The number of oxazole rings is 1. The topological polar surface area (TPSA) is 163 Å². The maximum atomic E-state index is 14.3. The van der Waals surface area contributed by atoms with Crippen LogP contribution in [0.3, 0.4) is 0 Å². The Balaban J connectivity index is 1.69. The molecule has 180 valence electrons. The zero-order valence-corrected chi connectivity index (χ0v) is 18.7. The van der Waals surface area contributed by atoms with Crippen molar-refractivity contribution in [1.29, 1.82) is 0 Å². The minimum Gasteiger partial charge on any atom is -0.443 e. The van der Waals surface area contributed by atoms with Crippen LogP contribution in [-0.2, 0) is 11.4 Å². The van der Waals surface area contributed by atoms with Gasteiger partial charge in [-0.15, -0.1) is 12.1 Å². The summed E-state index contributed by atoms with van der Waals surface area (Å²) in [4.78, 5) is 30.9. The van der Waals surface area contributed by atoms with Crippen molar-refractivity contribution in [3.63, 3.8) is 0 Å². The molecule has 4 aromatic rings. The third kappa shape index (κ3) is 4.94. The lowest BCUT2D eigenvalue weighted by Crippen LogP contribution is -2.33. The molecule has 0 spiro atoms. The highest BCUT2D eigenvalue weighted by Gasteiger charge is 2.23. The first kappa shape index (κ1) is 23.4. The summed E-state index contributed by atoms with van der Waals surface area (Å²) >= 11 is 0. The summed E-state index contributed by atoms with van der Waals surface area (Å²) < 4.78 is 21.2. The first-order valence-corrected chi connectivity index (χ1v) is 10.3. The van der Waals surface area contributed by atoms with Gasteiger partial charge in [-0.05, 0) is 6.07 Å². The second-order valence-corrected chi connectivity index (χ2v) is 7.23. The van der Waals surface area contributed by atoms with E-state index in [1.807, 2.05) is 0 Å². The Hall–Kier alpha value is -4.78. The molecule has 3 heterocycles. The number of amides is 1. The minimum atomic E-state index is -0.776. The van der Waals surface area contributed by atoms with E-state index in [-0.39, 0.29) is 53.6 Å². The molecule has 5 N–H and O–H groups in total. The molecule has 0 unspecified atom stereocenters. The van der Waals surface area contributed by atoms with Gasteiger partial charge in [-0.2, -0.15) is 5.10 Å². The lowest BCUT2D eigenvalue weighted by molar-refractivity contribution is 0.103. The van der Waals surface area contributed by atoms with Gasteiger partial charge in [0.25, 0.3) is 0 Å². The van der Waals surface area contributed by atoms with Crippen molar-refractivity contribution in [3.8, 4) is 23.1 Å². The smallest absolute Gasteiger partial charge is 0.433 e. The minimum absolute atomic E-state index is 0.0675. The normalized spacial score (nSPS) is 10.8. The van der Waals surface area contributed by atoms with E-state index in [1.165, 1.54) is 36.3 Å². The van der Waals surface area contributed by atoms with Crippen molar-refractivity contribution in [1.82, 2.24) is 30.2 Å². The van der Waals surface area contributed by atoms with E-state index >= 15 is 0 Å². The molecule has 0 saturated heterocycles. The van der Waals surface area contributed by atoms with Crippen LogP contribution in [0, 0.1) is 5.82 Å². The number of halogens is 1.